The molecule has 8 heteroatoms. The van der Waals surface area contributed by atoms with Crippen LogP contribution in [-0.2, 0) is 16.8 Å². The van der Waals surface area contributed by atoms with E-state index in [0.29, 0.717) is 27.1 Å². The molecule has 1 N–H and O–H groups in total. The van der Waals surface area contributed by atoms with Crippen LogP contribution in [-0.4, -0.2) is 34.4 Å². The highest BCUT2D eigenvalue weighted by Gasteiger charge is 2.34. The Bertz CT molecular complexity index is 1290. The zero-order valence-corrected chi connectivity index (χ0v) is 20.9. The summed E-state index contributed by atoms with van der Waals surface area (Å²) in [7, 11) is 1.48. The number of furan rings is 1. The normalized spacial score (nSPS) is 16.7. The fraction of sp³-hybridized carbons (Fsp3) is 0.222. The van der Waals surface area contributed by atoms with Gasteiger partial charge in [-0.2, -0.15) is 5.10 Å². The predicted octanol–water partition coefficient (Wildman–Crippen LogP) is 5.80. The van der Waals surface area contributed by atoms with Crippen LogP contribution in [0, 0.1) is 0 Å². The number of thioether (sulfide) groups is 1. The lowest BCUT2D eigenvalue weighted by Crippen LogP contribution is -2.28. The van der Waals surface area contributed by atoms with Crippen LogP contribution in [0.25, 0.3) is 6.08 Å². The molecule has 1 aliphatic rings. The first-order valence-corrected chi connectivity index (χ1v) is 11.9. The molecule has 2 aromatic carbocycles. The van der Waals surface area contributed by atoms with Gasteiger partial charge >= 0.3 is 0 Å². The van der Waals surface area contributed by atoms with Gasteiger partial charge < -0.3 is 14.3 Å². The SMILES string of the molecule is COc1cc(/C=N\N=C2\S/C(=C\c3ccc(C(C)(C)C)cc3)C(=O)N2Cc2ccco2)ccc1O. The van der Waals surface area contributed by atoms with E-state index in [2.05, 4.69) is 43.1 Å². The van der Waals surface area contributed by atoms with Crippen LogP contribution in [0.15, 0.2) is 80.4 Å². The second-order valence-corrected chi connectivity index (χ2v) is 10.0. The number of hydrogen-bond acceptors (Lipinski definition) is 7. The van der Waals surface area contributed by atoms with Gasteiger partial charge in [0.2, 0.25) is 0 Å². The maximum Gasteiger partial charge on any atom is 0.267 e. The summed E-state index contributed by atoms with van der Waals surface area (Å²) in [5.41, 5.74) is 2.92. The van der Waals surface area contributed by atoms with Crippen molar-refractivity contribution in [1.29, 1.82) is 0 Å². The van der Waals surface area contributed by atoms with E-state index in [4.69, 9.17) is 9.15 Å². The second kappa shape index (κ2) is 10.2. The number of phenolic OH excluding ortho intramolecular Hbond substituents is 1. The van der Waals surface area contributed by atoms with Crippen LogP contribution < -0.4 is 4.74 Å². The lowest BCUT2D eigenvalue weighted by molar-refractivity contribution is -0.122. The number of methoxy groups -OCH3 is 1. The molecule has 180 valence electrons. The largest absolute Gasteiger partial charge is 0.504 e. The third-order valence-corrected chi connectivity index (χ3v) is 6.41. The molecule has 0 bridgehead atoms. The fourth-order valence-corrected chi connectivity index (χ4v) is 4.37. The Hall–Kier alpha value is -3.78. The topological polar surface area (TPSA) is 87.6 Å². The van der Waals surface area contributed by atoms with Crippen molar-refractivity contribution in [3.8, 4) is 11.5 Å². The van der Waals surface area contributed by atoms with Gasteiger partial charge in [0.1, 0.15) is 5.76 Å². The molecule has 7 nitrogen and oxygen atoms in total. The molecular weight excluding hydrogens is 462 g/mol. The lowest BCUT2D eigenvalue weighted by atomic mass is 9.87. The van der Waals surface area contributed by atoms with E-state index >= 15 is 0 Å². The Balaban J connectivity index is 1.60. The van der Waals surface area contributed by atoms with E-state index in [1.54, 1.807) is 29.4 Å². The maximum absolute atomic E-state index is 13.2. The van der Waals surface area contributed by atoms with Crippen LogP contribution in [0.3, 0.4) is 0 Å². The van der Waals surface area contributed by atoms with Gasteiger partial charge in [-0.15, -0.1) is 5.10 Å². The maximum atomic E-state index is 13.2. The predicted molar refractivity (Wildman–Crippen MR) is 140 cm³/mol. The van der Waals surface area contributed by atoms with E-state index in [-0.39, 0.29) is 23.6 Å². The highest BCUT2D eigenvalue weighted by Crippen LogP contribution is 2.34. The Morgan fingerprint density at radius 2 is 1.86 bits per heavy atom. The van der Waals surface area contributed by atoms with E-state index in [1.807, 2.05) is 24.3 Å². The van der Waals surface area contributed by atoms with Gasteiger partial charge in [-0.25, -0.2) is 0 Å². The van der Waals surface area contributed by atoms with Gasteiger partial charge in [0.15, 0.2) is 16.7 Å². The molecule has 0 aliphatic carbocycles. The summed E-state index contributed by atoms with van der Waals surface area (Å²) in [6, 6.07) is 16.7. The number of amides is 1. The summed E-state index contributed by atoms with van der Waals surface area (Å²) in [5, 5.41) is 18.7. The molecule has 4 rings (SSSR count). The average Bonchev–Trinajstić information content (AvgIpc) is 3.44. The monoisotopic (exact) mass is 489 g/mol. The van der Waals surface area contributed by atoms with Crippen molar-refractivity contribution in [3.63, 3.8) is 0 Å². The quantitative estimate of drug-likeness (QED) is 0.269. The standard InChI is InChI=1S/C27H27N3O4S/c1-27(2,3)20-10-7-18(8-11-20)15-24-25(32)30(17-21-6-5-13-34-21)26(35-24)29-28-16-19-9-12-22(31)23(14-19)33-4/h5-16,31H,17H2,1-4H3/b24-15-,28-16-,29-26+. The molecule has 1 aromatic heterocycles. The average molecular weight is 490 g/mol. The molecule has 0 saturated carbocycles. The van der Waals surface area contributed by atoms with Crippen molar-refractivity contribution in [1.82, 2.24) is 4.90 Å². The van der Waals surface area contributed by atoms with Crippen molar-refractivity contribution in [2.24, 2.45) is 10.2 Å². The molecule has 1 aliphatic heterocycles. The highest BCUT2D eigenvalue weighted by atomic mass is 32.2. The van der Waals surface area contributed by atoms with Crippen molar-refractivity contribution < 1.29 is 19.1 Å². The van der Waals surface area contributed by atoms with Gasteiger partial charge in [0, 0.05) is 0 Å². The fourth-order valence-electron chi connectivity index (χ4n) is 3.43. The van der Waals surface area contributed by atoms with Gasteiger partial charge in [0.25, 0.3) is 5.91 Å². The number of rotatable bonds is 6. The number of phenols is 1. The molecule has 0 radical (unpaired) electrons. The van der Waals surface area contributed by atoms with Crippen LogP contribution >= 0.6 is 11.8 Å². The first kappa shape index (κ1) is 24.3. The van der Waals surface area contributed by atoms with E-state index in [9.17, 15) is 9.90 Å². The summed E-state index contributed by atoms with van der Waals surface area (Å²) in [5.74, 6) is 0.873. The lowest BCUT2D eigenvalue weighted by Gasteiger charge is -2.18. The van der Waals surface area contributed by atoms with Gasteiger partial charge in [-0.1, -0.05) is 45.0 Å². The molecule has 0 unspecified atom stereocenters. The number of carbonyl (C=O) groups is 1. The molecular formula is C27H27N3O4S. The Morgan fingerprint density at radius 3 is 2.51 bits per heavy atom. The molecule has 0 atom stereocenters. The third-order valence-electron chi connectivity index (χ3n) is 5.41. The van der Waals surface area contributed by atoms with Gasteiger partial charge in [-0.3, -0.25) is 9.69 Å². The van der Waals surface area contributed by atoms with Crippen LogP contribution in [0.4, 0.5) is 0 Å². The van der Waals surface area contributed by atoms with Crippen molar-refractivity contribution in [2.75, 3.05) is 7.11 Å². The zero-order chi connectivity index (χ0) is 25.0. The molecule has 0 spiro atoms. The summed E-state index contributed by atoms with van der Waals surface area (Å²) in [4.78, 5) is 15.4. The number of carbonyl (C=O) groups excluding carboxylic acids is 1. The molecule has 35 heavy (non-hydrogen) atoms. The summed E-state index contributed by atoms with van der Waals surface area (Å²) in [6.45, 7) is 6.75. The van der Waals surface area contributed by atoms with E-state index in [1.165, 1.54) is 36.7 Å². The minimum absolute atomic E-state index is 0.0443. The highest BCUT2D eigenvalue weighted by molar-refractivity contribution is 8.18. The smallest absolute Gasteiger partial charge is 0.267 e. The Morgan fingerprint density at radius 1 is 1.11 bits per heavy atom. The number of benzene rings is 2. The molecule has 3 aromatic rings. The number of ether oxygens (including phenoxy) is 1. The second-order valence-electron chi connectivity index (χ2n) is 9.01. The van der Waals surface area contributed by atoms with Crippen LogP contribution in [0.2, 0.25) is 0 Å². The van der Waals surface area contributed by atoms with Crippen molar-refractivity contribution in [2.45, 2.75) is 32.7 Å². The molecule has 1 saturated heterocycles. The summed E-state index contributed by atoms with van der Waals surface area (Å²) >= 11 is 1.27. The van der Waals surface area contributed by atoms with Crippen molar-refractivity contribution in [3.05, 3.63) is 88.2 Å². The zero-order valence-electron chi connectivity index (χ0n) is 20.1. The third kappa shape index (κ3) is 5.84. The number of hydrogen-bond donors (Lipinski definition) is 1. The Kier molecular flexibility index (Phi) is 7.12. The summed E-state index contributed by atoms with van der Waals surface area (Å²) < 4.78 is 10.6. The number of nitrogens with zero attached hydrogens (tertiary/aromatic N) is 3. The van der Waals surface area contributed by atoms with Gasteiger partial charge in [0.05, 0.1) is 31.0 Å². The molecule has 2 heterocycles. The summed E-state index contributed by atoms with van der Waals surface area (Å²) in [6.07, 6.45) is 4.98. The number of aromatic hydroxyl groups is 1. The van der Waals surface area contributed by atoms with Crippen LogP contribution in [0.5, 0.6) is 11.5 Å². The van der Waals surface area contributed by atoms with E-state index in [0.717, 1.165) is 5.56 Å². The van der Waals surface area contributed by atoms with Crippen LogP contribution in [0.1, 0.15) is 43.2 Å². The number of amidine groups is 1. The Labute approximate surface area is 208 Å². The van der Waals surface area contributed by atoms with E-state index < -0.39 is 0 Å². The minimum Gasteiger partial charge on any atom is -0.504 e. The minimum atomic E-state index is -0.161. The first-order valence-electron chi connectivity index (χ1n) is 11.1. The molecule has 1 fully saturated rings. The van der Waals surface area contributed by atoms with Crippen molar-refractivity contribution >= 4 is 35.1 Å². The van der Waals surface area contributed by atoms with Gasteiger partial charge in [-0.05, 0) is 70.3 Å². The molecule has 1 amide bonds. The first-order chi connectivity index (χ1) is 16.7.